The van der Waals surface area contributed by atoms with Crippen molar-refractivity contribution < 1.29 is 4.42 Å². The van der Waals surface area contributed by atoms with Gasteiger partial charge in [0.15, 0.2) is 0 Å². The van der Waals surface area contributed by atoms with Gasteiger partial charge in [0.25, 0.3) is 0 Å². The third-order valence-electron chi connectivity index (χ3n) is 7.20. The van der Waals surface area contributed by atoms with Crippen molar-refractivity contribution in [3.63, 3.8) is 0 Å². The number of furan rings is 1. The first kappa shape index (κ1) is 17.2. The summed E-state index contributed by atoms with van der Waals surface area (Å²) in [5.41, 5.74) is 4.35. The number of hydrogen-bond acceptors (Lipinski definition) is 1. The Morgan fingerprint density at radius 3 is 2.00 bits per heavy atom. The van der Waals surface area contributed by atoms with E-state index < -0.39 is 0 Å². The second kappa shape index (κ2) is 6.11. The van der Waals surface area contributed by atoms with E-state index in [1.807, 2.05) is 0 Å². The van der Waals surface area contributed by atoms with Crippen molar-refractivity contribution in [2.75, 3.05) is 0 Å². The van der Waals surface area contributed by atoms with E-state index in [2.05, 4.69) is 109 Å². The van der Waals surface area contributed by atoms with Crippen LogP contribution in [0.1, 0.15) is 0 Å². The third kappa shape index (κ3) is 2.26. The van der Waals surface area contributed by atoms with Gasteiger partial charge in [0.1, 0.15) is 11.2 Å². The smallest absolute Gasteiger partial charge is 0.136 e. The number of fused-ring (bicyclic) bond motifs is 5. The van der Waals surface area contributed by atoms with E-state index in [0.29, 0.717) is 0 Å². The Bertz CT molecular complexity index is 2010. The Labute approximate surface area is 189 Å². The standard InChI is InChI=1S/C32H18O/c1-2-7-25-19(4-1)12-17-29-32(25)27-18-23(13-16-28(27)33-29)24-14-10-22-9-8-20-5-3-6-21-11-15-26(24)31(22)30(20)21/h1-18H. The lowest BCUT2D eigenvalue weighted by Gasteiger charge is -2.14. The van der Waals surface area contributed by atoms with Gasteiger partial charge in [-0.15, -0.1) is 0 Å². The minimum Gasteiger partial charge on any atom is -0.456 e. The van der Waals surface area contributed by atoms with Gasteiger partial charge in [0.05, 0.1) is 0 Å². The number of hydrogen-bond donors (Lipinski definition) is 0. The summed E-state index contributed by atoms with van der Waals surface area (Å²) in [6.45, 7) is 0. The highest BCUT2D eigenvalue weighted by Crippen LogP contribution is 2.41. The molecule has 0 aliphatic rings. The highest BCUT2D eigenvalue weighted by molar-refractivity contribution is 6.26. The van der Waals surface area contributed by atoms with Crippen molar-refractivity contribution in [2.24, 2.45) is 0 Å². The molecule has 0 atom stereocenters. The molecule has 1 heterocycles. The summed E-state index contributed by atoms with van der Waals surface area (Å²) < 4.78 is 6.23. The van der Waals surface area contributed by atoms with Crippen LogP contribution in [0.4, 0.5) is 0 Å². The molecule has 0 saturated heterocycles. The molecule has 0 amide bonds. The van der Waals surface area contributed by atoms with Crippen molar-refractivity contribution >= 4 is 65.0 Å². The normalized spacial score (nSPS) is 12.2. The van der Waals surface area contributed by atoms with Crippen molar-refractivity contribution in [2.45, 2.75) is 0 Å². The van der Waals surface area contributed by atoms with Crippen molar-refractivity contribution in [1.82, 2.24) is 0 Å². The van der Waals surface area contributed by atoms with Crippen LogP contribution in [-0.2, 0) is 0 Å². The fraction of sp³-hybridized carbons (Fsp3) is 0. The molecule has 7 aromatic carbocycles. The second-order valence-electron chi connectivity index (χ2n) is 8.94. The number of rotatable bonds is 1. The van der Waals surface area contributed by atoms with Gasteiger partial charge in [0, 0.05) is 10.8 Å². The zero-order valence-electron chi connectivity index (χ0n) is 17.8. The molecular formula is C32H18O. The van der Waals surface area contributed by atoms with Crippen molar-refractivity contribution in [3.8, 4) is 11.1 Å². The summed E-state index contributed by atoms with van der Waals surface area (Å²) in [6, 6.07) is 39.5. The van der Waals surface area contributed by atoms with Crippen LogP contribution >= 0.6 is 0 Å². The predicted molar refractivity (Wildman–Crippen MR) is 140 cm³/mol. The summed E-state index contributed by atoms with van der Waals surface area (Å²) in [4.78, 5) is 0. The van der Waals surface area contributed by atoms with Crippen LogP contribution in [0.3, 0.4) is 0 Å². The minimum atomic E-state index is 0.933. The maximum Gasteiger partial charge on any atom is 0.136 e. The average molecular weight is 418 g/mol. The second-order valence-corrected chi connectivity index (χ2v) is 8.94. The van der Waals surface area contributed by atoms with Gasteiger partial charge in [-0.05, 0) is 72.4 Å². The molecule has 0 aliphatic heterocycles. The van der Waals surface area contributed by atoms with Crippen LogP contribution in [0.25, 0.3) is 76.2 Å². The zero-order valence-corrected chi connectivity index (χ0v) is 17.8. The topological polar surface area (TPSA) is 13.1 Å². The van der Waals surface area contributed by atoms with Crippen LogP contribution in [0.5, 0.6) is 0 Å². The molecule has 33 heavy (non-hydrogen) atoms. The Kier molecular flexibility index (Phi) is 3.19. The highest BCUT2D eigenvalue weighted by Gasteiger charge is 2.15. The van der Waals surface area contributed by atoms with E-state index in [-0.39, 0.29) is 0 Å². The Hall–Kier alpha value is -4.36. The quantitative estimate of drug-likeness (QED) is 0.242. The largest absolute Gasteiger partial charge is 0.456 e. The fourth-order valence-corrected chi connectivity index (χ4v) is 5.70. The number of benzene rings is 7. The van der Waals surface area contributed by atoms with Crippen molar-refractivity contribution in [3.05, 3.63) is 109 Å². The molecule has 0 fully saturated rings. The highest BCUT2D eigenvalue weighted by atomic mass is 16.3. The lowest BCUT2D eigenvalue weighted by atomic mass is 9.89. The summed E-state index contributed by atoms with van der Waals surface area (Å²) in [5.74, 6) is 0. The summed E-state index contributed by atoms with van der Waals surface area (Å²) in [6.07, 6.45) is 0. The van der Waals surface area contributed by atoms with E-state index >= 15 is 0 Å². The predicted octanol–water partition coefficient (Wildman–Crippen LogP) is 9.30. The van der Waals surface area contributed by atoms with Gasteiger partial charge in [0.2, 0.25) is 0 Å². The first-order valence-corrected chi connectivity index (χ1v) is 11.4. The van der Waals surface area contributed by atoms with Crippen LogP contribution in [-0.4, -0.2) is 0 Å². The Morgan fingerprint density at radius 1 is 0.394 bits per heavy atom. The van der Waals surface area contributed by atoms with Crippen LogP contribution < -0.4 is 0 Å². The Balaban J connectivity index is 1.48. The van der Waals surface area contributed by atoms with E-state index in [9.17, 15) is 0 Å². The molecule has 0 N–H and O–H groups in total. The van der Waals surface area contributed by atoms with Gasteiger partial charge in [-0.25, -0.2) is 0 Å². The summed E-state index contributed by atoms with van der Waals surface area (Å²) in [5, 5.41) is 12.7. The lowest BCUT2D eigenvalue weighted by Crippen LogP contribution is -1.87. The summed E-state index contributed by atoms with van der Waals surface area (Å²) in [7, 11) is 0. The molecule has 1 nitrogen and oxygen atoms in total. The van der Waals surface area contributed by atoms with E-state index in [1.165, 1.54) is 65.0 Å². The van der Waals surface area contributed by atoms with E-state index in [4.69, 9.17) is 4.42 Å². The molecule has 0 spiro atoms. The maximum atomic E-state index is 6.23. The first-order valence-electron chi connectivity index (χ1n) is 11.4. The van der Waals surface area contributed by atoms with Crippen molar-refractivity contribution in [1.29, 1.82) is 0 Å². The van der Waals surface area contributed by atoms with Crippen LogP contribution in [0.15, 0.2) is 114 Å². The van der Waals surface area contributed by atoms with Crippen LogP contribution in [0.2, 0.25) is 0 Å². The molecule has 8 aromatic rings. The monoisotopic (exact) mass is 418 g/mol. The molecule has 8 rings (SSSR count). The molecule has 0 aliphatic carbocycles. The molecule has 152 valence electrons. The molecule has 0 unspecified atom stereocenters. The zero-order chi connectivity index (χ0) is 21.5. The molecule has 1 heteroatoms. The first-order chi connectivity index (χ1) is 16.3. The average Bonchev–Trinajstić information content (AvgIpc) is 3.25. The van der Waals surface area contributed by atoms with Gasteiger partial charge >= 0.3 is 0 Å². The van der Waals surface area contributed by atoms with Gasteiger partial charge in [-0.1, -0.05) is 91.0 Å². The SMILES string of the molecule is c1ccc2c(c1)ccc1oc3ccc(-c4ccc5ccc6cccc7ccc4c5c67)cc3c12. The molecule has 0 saturated carbocycles. The third-order valence-corrected chi connectivity index (χ3v) is 7.20. The maximum absolute atomic E-state index is 6.23. The van der Waals surface area contributed by atoms with E-state index in [1.54, 1.807) is 0 Å². The molecule has 0 bridgehead atoms. The fourth-order valence-electron chi connectivity index (χ4n) is 5.70. The van der Waals surface area contributed by atoms with E-state index in [0.717, 1.165) is 11.2 Å². The minimum absolute atomic E-state index is 0.933. The van der Waals surface area contributed by atoms with Gasteiger partial charge in [-0.3, -0.25) is 0 Å². The lowest BCUT2D eigenvalue weighted by molar-refractivity contribution is 0.669. The summed E-state index contributed by atoms with van der Waals surface area (Å²) >= 11 is 0. The molecule has 1 aromatic heterocycles. The molecule has 0 radical (unpaired) electrons. The Morgan fingerprint density at radius 2 is 1.09 bits per heavy atom. The van der Waals surface area contributed by atoms with Crippen LogP contribution in [0, 0.1) is 0 Å². The van der Waals surface area contributed by atoms with Gasteiger partial charge in [-0.2, -0.15) is 0 Å². The van der Waals surface area contributed by atoms with Gasteiger partial charge < -0.3 is 4.42 Å². The molecular weight excluding hydrogens is 400 g/mol.